The zero-order chi connectivity index (χ0) is 15.0. The van der Waals surface area contributed by atoms with E-state index in [1.54, 1.807) is 12.4 Å². The lowest BCUT2D eigenvalue weighted by molar-refractivity contribution is 1.07. The Kier molecular flexibility index (Phi) is 3.66. The van der Waals surface area contributed by atoms with E-state index in [0.29, 0.717) is 17.3 Å². The highest BCUT2D eigenvalue weighted by molar-refractivity contribution is 6.32. The van der Waals surface area contributed by atoms with E-state index in [-0.39, 0.29) is 5.28 Å². The Balaban J connectivity index is 2.14. The summed E-state index contributed by atoms with van der Waals surface area (Å²) in [5, 5.41) is 1.51. The van der Waals surface area contributed by atoms with E-state index in [0.717, 1.165) is 27.6 Å². The topological polar surface area (TPSA) is 64.7 Å². The summed E-state index contributed by atoms with van der Waals surface area (Å²) in [6.07, 6.45) is 3.98. The molecule has 0 aliphatic carbocycles. The van der Waals surface area contributed by atoms with Crippen molar-refractivity contribution in [3.05, 3.63) is 57.7 Å². The van der Waals surface area contributed by atoms with Gasteiger partial charge in [0, 0.05) is 29.8 Å². The number of aromatic nitrogens is 3. The van der Waals surface area contributed by atoms with Crippen LogP contribution in [0.2, 0.25) is 10.4 Å². The lowest BCUT2D eigenvalue weighted by Gasteiger charge is -2.11. The predicted octanol–water partition coefficient (Wildman–Crippen LogP) is 3.81. The number of pyridine rings is 1. The van der Waals surface area contributed by atoms with E-state index in [2.05, 4.69) is 15.0 Å². The molecule has 2 N–H and O–H groups in total. The van der Waals surface area contributed by atoms with Crippen molar-refractivity contribution in [3.63, 3.8) is 0 Å². The number of nitrogens with zero attached hydrogens (tertiary/aromatic N) is 3. The fourth-order valence-electron chi connectivity index (χ4n) is 2.32. The van der Waals surface area contributed by atoms with E-state index in [4.69, 9.17) is 28.9 Å². The summed E-state index contributed by atoms with van der Waals surface area (Å²) >= 11 is 11.9. The zero-order valence-electron chi connectivity index (χ0n) is 11.3. The lowest BCUT2D eigenvalue weighted by atomic mass is 9.98. The summed E-state index contributed by atoms with van der Waals surface area (Å²) in [7, 11) is 0. The number of aryl methyl sites for hydroxylation is 1. The first-order chi connectivity index (χ1) is 10.1. The summed E-state index contributed by atoms with van der Waals surface area (Å²) in [6.45, 7) is 1.97. The molecule has 0 fully saturated rings. The van der Waals surface area contributed by atoms with Gasteiger partial charge in [-0.1, -0.05) is 23.7 Å². The number of nitrogen functional groups attached to an aromatic ring is 1. The van der Waals surface area contributed by atoms with Gasteiger partial charge in [-0.3, -0.25) is 4.98 Å². The molecule has 0 radical (unpaired) electrons. The molecule has 1 aromatic carbocycles. The number of benzene rings is 1. The van der Waals surface area contributed by atoms with E-state index in [1.165, 1.54) is 0 Å². The molecule has 4 nitrogen and oxygen atoms in total. The second kappa shape index (κ2) is 5.47. The Morgan fingerprint density at radius 3 is 2.76 bits per heavy atom. The fraction of sp³-hybridized carbons (Fsp3) is 0.133. The molecule has 2 heterocycles. The highest BCUT2D eigenvalue weighted by Gasteiger charge is 2.11. The molecule has 3 rings (SSSR count). The van der Waals surface area contributed by atoms with Crippen molar-refractivity contribution in [1.82, 2.24) is 15.0 Å². The Morgan fingerprint density at radius 2 is 2.00 bits per heavy atom. The number of anilines is 1. The molecule has 0 aliphatic rings. The van der Waals surface area contributed by atoms with Crippen LogP contribution in [0.4, 0.5) is 5.69 Å². The van der Waals surface area contributed by atoms with Crippen LogP contribution in [0, 0.1) is 6.92 Å². The average molecular weight is 319 g/mol. The van der Waals surface area contributed by atoms with Gasteiger partial charge in [0.2, 0.25) is 5.28 Å². The van der Waals surface area contributed by atoms with E-state index >= 15 is 0 Å². The Hall–Kier alpha value is -1.91. The summed E-state index contributed by atoms with van der Waals surface area (Å²) in [4.78, 5) is 12.3. The van der Waals surface area contributed by atoms with E-state index in [1.807, 2.05) is 25.1 Å². The molecular weight excluding hydrogens is 307 g/mol. The van der Waals surface area contributed by atoms with E-state index < -0.39 is 0 Å². The van der Waals surface area contributed by atoms with Crippen molar-refractivity contribution in [2.75, 3.05) is 5.73 Å². The highest BCUT2D eigenvalue weighted by Crippen LogP contribution is 2.29. The van der Waals surface area contributed by atoms with Gasteiger partial charge < -0.3 is 5.73 Å². The molecule has 0 saturated heterocycles. The molecule has 2 aromatic heterocycles. The quantitative estimate of drug-likeness (QED) is 0.443. The molecule has 0 unspecified atom stereocenters. The molecule has 21 heavy (non-hydrogen) atoms. The number of hydrogen-bond acceptors (Lipinski definition) is 4. The van der Waals surface area contributed by atoms with Gasteiger partial charge in [-0.05, 0) is 35.7 Å². The van der Waals surface area contributed by atoms with Gasteiger partial charge in [-0.2, -0.15) is 0 Å². The predicted molar refractivity (Wildman–Crippen MR) is 85.8 cm³/mol. The molecular formula is C15H12Cl2N4. The van der Waals surface area contributed by atoms with Crippen LogP contribution in [0.25, 0.3) is 10.9 Å². The monoisotopic (exact) mass is 318 g/mol. The normalized spacial score (nSPS) is 11.0. The smallest absolute Gasteiger partial charge is 0.223 e. The fourth-order valence-corrected chi connectivity index (χ4v) is 2.69. The summed E-state index contributed by atoms with van der Waals surface area (Å²) in [5.41, 5.74) is 10.5. The Bertz CT molecular complexity index is 833. The van der Waals surface area contributed by atoms with Crippen molar-refractivity contribution in [2.45, 2.75) is 13.3 Å². The van der Waals surface area contributed by atoms with Crippen LogP contribution < -0.4 is 5.73 Å². The zero-order valence-corrected chi connectivity index (χ0v) is 12.8. The average Bonchev–Trinajstić information content (AvgIpc) is 2.47. The van der Waals surface area contributed by atoms with Gasteiger partial charge in [-0.15, -0.1) is 0 Å². The number of hydrogen-bond donors (Lipinski definition) is 1. The number of fused-ring (bicyclic) bond motifs is 1. The molecule has 0 saturated carbocycles. The van der Waals surface area contributed by atoms with Gasteiger partial charge in [0.25, 0.3) is 0 Å². The van der Waals surface area contributed by atoms with Gasteiger partial charge >= 0.3 is 0 Å². The molecule has 0 bridgehead atoms. The van der Waals surface area contributed by atoms with Crippen LogP contribution in [0.15, 0.2) is 30.6 Å². The first-order valence-corrected chi connectivity index (χ1v) is 7.11. The largest absolute Gasteiger partial charge is 0.397 e. The van der Waals surface area contributed by atoms with Gasteiger partial charge in [-0.25, -0.2) is 9.97 Å². The van der Waals surface area contributed by atoms with Crippen molar-refractivity contribution >= 4 is 39.8 Å². The first-order valence-electron chi connectivity index (χ1n) is 6.36. The van der Waals surface area contributed by atoms with E-state index in [9.17, 15) is 0 Å². The van der Waals surface area contributed by atoms with Crippen molar-refractivity contribution in [3.8, 4) is 0 Å². The molecule has 0 atom stereocenters. The minimum atomic E-state index is 0.142. The van der Waals surface area contributed by atoms with Crippen LogP contribution in [-0.4, -0.2) is 15.0 Å². The standard InChI is InChI=1S/C15H12Cl2N4/c1-8-5-9(6-10-7-20-15(17)21-14(10)16)11-3-2-4-19-13(11)12(8)18/h2-5,7H,6,18H2,1H3. The Labute approximate surface area is 132 Å². The maximum atomic E-state index is 6.13. The summed E-state index contributed by atoms with van der Waals surface area (Å²) in [5.74, 6) is 0. The maximum Gasteiger partial charge on any atom is 0.223 e. The van der Waals surface area contributed by atoms with Crippen LogP contribution in [0.5, 0.6) is 0 Å². The third-order valence-corrected chi connectivity index (χ3v) is 3.90. The van der Waals surface area contributed by atoms with Crippen LogP contribution in [0.1, 0.15) is 16.7 Å². The molecule has 0 spiro atoms. The number of nitrogens with two attached hydrogens (primary N) is 1. The maximum absolute atomic E-state index is 6.13. The number of rotatable bonds is 2. The van der Waals surface area contributed by atoms with Crippen molar-refractivity contribution < 1.29 is 0 Å². The minimum Gasteiger partial charge on any atom is -0.397 e. The van der Waals surface area contributed by atoms with Gasteiger partial charge in [0.05, 0.1) is 11.2 Å². The van der Waals surface area contributed by atoms with Crippen molar-refractivity contribution in [2.24, 2.45) is 0 Å². The summed E-state index contributed by atoms with van der Waals surface area (Å²) < 4.78 is 0. The molecule has 106 valence electrons. The third kappa shape index (κ3) is 2.64. The second-order valence-electron chi connectivity index (χ2n) is 4.80. The van der Waals surface area contributed by atoms with Gasteiger partial charge in [0.1, 0.15) is 5.15 Å². The number of halogens is 2. The molecule has 0 amide bonds. The lowest BCUT2D eigenvalue weighted by Crippen LogP contribution is -2.00. The molecule has 0 aliphatic heterocycles. The first kappa shape index (κ1) is 14.0. The summed E-state index contributed by atoms with van der Waals surface area (Å²) in [6, 6.07) is 5.93. The minimum absolute atomic E-state index is 0.142. The molecule has 6 heteroatoms. The van der Waals surface area contributed by atoms with Crippen LogP contribution in [0.3, 0.4) is 0 Å². The van der Waals surface area contributed by atoms with Crippen LogP contribution >= 0.6 is 23.2 Å². The Morgan fingerprint density at radius 1 is 1.19 bits per heavy atom. The SMILES string of the molecule is Cc1cc(Cc2cnc(Cl)nc2Cl)c2cccnc2c1N. The molecule has 3 aromatic rings. The van der Waals surface area contributed by atoms with Crippen LogP contribution in [-0.2, 0) is 6.42 Å². The van der Waals surface area contributed by atoms with Gasteiger partial charge in [0.15, 0.2) is 0 Å². The third-order valence-electron chi connectivity index (χ3n) is 3.39. The van der Waals surface area contributed by atoms with Crippen molar-refractivity contribution in [1.29, 1.82) is 0 Å². The highest BCUT2D eigenvalue weighted by atomic mass is 35.5. The second-order valence-corrected chi connectivity index (χ2v) is 5.49.